The highest BCUT2D eigenvalue weighted by molar-refractivity contribution is 6.27. The monoisotopic (exact) mass is 308 g/mol. The lowest BCUT2D eigenvalue weighted by Gasteiger charge is -2.03. The Morgan fingerprint density at radius 3 is 2.74 bits per heavy atom. The fourth-order valence-electron chi connectivity index (χ4n) is 2.60. The Balaban J connectivity index is 1.87. The third kappa shape index (κ3) is 4.90. The SMILES string of the molecule is CCCCCC=CC=CC=CC(=O)C1=CC(O)c2ccccc21. The molecule has 1 unspecified atom stereocenters. The second-order valence-corrected chi connectivity index (χ2v) is 5.64. The zero-order valence-electron chi connectivity index (χ0n) is 13.6. The van der Waals surface area contributed by atoms with Gasteiger partial charge in [0.05, 0.1) is 6.10 Å². The molecule has 0 saturated heterocycles. The summed E-state index contributed by atoms with van der Waals surface area (Å²) in [5.74, 6) is -0.0782. The lowest BCUT2D eigenvalue weighted by Crippen LogP contribution is -1.95. The summed E-state index contributed by atoms with van der Waals surface area (Å²) < 4.78 is 0. The number of aliphatic hydroxyl groups excluding tert-OH is 1. The molecule has 1 aromatic rings. The topological polar surface area (TPSA) is 37.3 Å². The van der Waals surface area contributed by atoms with Crippen molar-refractivity contribution in [1.29, 1.82) is 0 Å². The molecule has 0 aliphatic heterocycles. The quantitative estimate of drug-likeness (QED) is 0.420. The molecule has 0 aromatic heterocycles. The van der Waals surface area contributed by atoms with Crippen LogP contribution in [0.15, 0.2) is 66.8 Å². The summed E-state index contributed by atoms with van der Waals surface area (Å²) in [6.07, 6.45) is 17.0. The van der Waals surface area contributed by atoms with Crippen molar-refractivity contribution in [2.24, 2.45) is 0 Å². The van der Waals surface area contributed by atoms with E-state index in [-0.39, 0.29) is 5.78 Å². The van der Waals surface area contributed by atoms with Crippen molar-refractivity contribution in [2.75, 3.05) is 0 Å². The summed E-state index contributed by atoms with van der Waals surface area (Å²) in [6.45, 7) is 2.20. The number of hydrogen-bond acceptors (Lipinski definition) is 2. The molecule has 2 rings (SSSR count). The zero-order valence-corrected chi connectivity index (χ0v) is 13.6. The number of hydrogen-bond donors (Lipinski definition) is 1. The van der Waals surface area contributed by atoms with Crippen molar-refractivity contribution in [3.8, 4) is 0 Å². The molecule has 0 radical (unpaired) electrons. The number of rotatable bonds is 8. The lowest BCUT2D eigenvalue weighted by molar-refractivity contribution is -0.109. The van der Waals surface area contributed by atoms with E-state index in [1.54, 1.807) is 18.2 Å². The van der Waals surface area contributed by atoms with Crippen LogP contribution in [-0.4, -0.2) is 10.9 Å². The van der Waals surface area contributed by atoms with E-state index in [9.17, 15) is 9.90 Å². The highest BCUT2D eigenvalue weighted by atomic mass is 16.3. The number of aliphatic hydroxyl groups is 1. The number of benzene rings is 1. The van der Waals surface area contributed by atoms with Crippen LogP contribution in [0.25, 0.3) is 5.57 Å². The second-order valence-electron chi connectivity index (χ2n) is 5.64. The van der Waals surface area contributed by atoms with Crippen molar-refractivity contribution in [3.05, 3.63) is 77.9 Å². The summed E-state index contributed by atoms with van der Waals surface area (Å²) >= 11 is 0. The fourth-order valence-corrected chi connectivity index (χ4v) is 2.60. The Kier molecular flexibility index (Phi) is 6.76. The molecule has 1 atom stereocenters. The molecule has 0 spiro atoms. The van der Waals surface area contributed by atoms with Crippen LogP contribution >= 0.6 is 0 Å². The van der Waals surface area contributed by atoms with Gasteiger partial charge in [-0.1, -0.05) is 74.4 Å². The van der Waals surface area contributed by atoms with Crippen LogP contribution in [0.3, 0.4) is 0 Å². The van der Waals surface area contributed by atoms with Crippen molar-refractivity contribution in [3.63, 3.8) is 0 Å². The van der Waals surface area contributed by atoms with Gasteiger partial charge in [0, 0.05) is 5.57 Å². The Morgan fingerprint density at radius 2 is 1.91 bits per heavy atom. The lowest BCUT2D eigenvalue weighted by atomic mass is 10.0. The van der Waals surface area contributed by atoms with Gasteiger partial charge in [0.25, 0.3) is 0 Å². The Bertz CT molecular complexity index is 648. The average molecular weight is 308 g/mol. The Labute approximate surface area is 138 Å². The number of carbonyl (C=O) groups excluding carboxylic acids is 1. The maximum absolute atomic E-state index is 12.2. The van der Waals surface area contributed by atoms with Gasteiger partial charge in [-0.05, 0) is 36.1 Å². The summed E-state index contributed by atoms with van der Waals surface area (Å²) in [7, 11) is 0. The molecule has 1 aliphatic rings. The molecular weight excluding hydrogens is 284 g/mol. The molecule has 2 nitrogen and oxygen atoms in total. The molecule has 120 valence electrons. The van der Waals surface area contributed by atoms with E-state index >= 15 is 0 Å². The van der Waals surface area contributed by atoms with Gasteiger partial charge in [-0.2, -0.15) is 0 Å². The minimum absolute atomic E-state index is 0.0782. The molecule has 0 saturated carbocycles. The predicted octanol–water partition coefficient (Wildman–Crippen LogP) is 4.94. The molecule has 23 heavy (non-hydrogen) atoms. The van der Waals surface area contributed by atoms with Crippen LogP contribution in [0.4, 0.5) is 0 Å². The summed E-state index contributed by atoms with van der Waals surface area (Å²) in [6, 6.07) is 7.47. The maximum Gasteiger partial charge on any atom is 0.186 e. The average Bonchev–Trinajstić information content (AvgIpc) is 2.91. The van der Waals surface area contributed by atoms with Gasteiger partial charge in [0.2, 0.25) is 0 Å². The first-order valence-electron chi connectivity index (χ1n) is 8.27. The smallest absolute Gasteiger partial charge is 0.186 e. The first-order valence-corrected chi connectivity index (χ1v) is 8.27. The molecule has 1 N–H and O–H groups in total. The van der Waals surface area contributed by atoms with Crippen molar-refractivity contribution in [1.82, 2.24) is 0 Å². The number of carbonyl (C=O) groups is 1. The minimum atomic E-state index is -0.680. The van der Waals surface area contributed by atoms with Gasteiger partial charge >= 0.3 is 0 Å². The Morgan fingerprint density at radius 1 is 1.13 bits per heavy atom. The third-order valence-corrected chi connectivity index (χ3v) is 3.85. The highest BCUT2D eigenvalue weighted by Gasteiger charge is 2.23. The molecular formula is C21H24O2. The van der Waals surface area contributed by atoms with Gasteiger partial charge in [-0.15, -0.1) is 0 Å². The van der Waals surface area contributed by atoms with Gasteiger partial charge in [-0.25, -0.2) is 0 Å². The first kappa shape index (κ1) is 17.2. The van der Waals surface area contributed by atoms with Crippen molar-refractivity contribution in [2.45, 2.75) is 38.7 Å². The van der Waals surface area contributed by atoms with E-state index in [1.165, 1.54) is 19.3 Å². The van der Waals surface area contributed by atoms with E-state index in [0.29, 0.717) is 5.57 Å². The van der Waals surface area contributed by atoms with E-state index < -0.39 is 6.10 Å². The highest BCUT2D eigenvalue weighted by Crippen LogP contribution is 2.34. The largest absolute Gasteiger partial charge is 0.384 e. The van der Waals surface area contributed by atoms with Crippen molar-refractivity contribution >= 4 is 11.4 Å². The summed E-state index contributed by atoms with van der Waals surface area (Å²) in [5.41, 5.74) is 2.21. The summed E-state index contributed by atoms with van der Waals surface area (Å²) in [5, 5.41) is 9.96. The predicted molar refractivity (Wildman–Crippen MR) is 95.9 cm³/mol. The zero-order chi connectivity index (χ0) is 16.5. The van der Waals surface area contributed by atoms with Gasteiger partial charge < -0.3 is 5.11 Å². The number of allylic oxidation sites excluding steroid dienone is 7. The van der Waals surface area contributed by atoms with Crippen LogP contribution in [-0.2, 0) is 4.79 Å². The van der Waals surface area contributed by atoms with Crippen LogP contribution in [0.5, 0.6) is 0 Å². The van der Waals surface area contributed by atoms with E-state index in [4.69, 9.17) is 0 Å². The van der Waals surface area contributed by atoms with Gasteiger partial charge in [0.15, 0.2) is 5.78 Å². The Hall–Kier alpha value is -2.19. The summed E-state index contributed by atoms with van der Waals surface area (Å²) in [4.78, 5) is 12.2. The molecule has 0 heterocycles. The molecule has 0 fully saturated rings. The number of ketones is 1. The number of fused-ring (bicyclic) bond motifs is 1. The maximum atomic E-state index is 12.2. The number of unbranched alkanes of at least 4 members (excludes halogenated alkanes) is 3. The van der Waals surface area contributed by atoms with Crippen LogP contribution in [0.2, 0.25) is 0 Å². The normalized spacial score (nSPS) is 17.3. The van der Waals surface area contributed by atoms with Crippen LogP contribution in [0.1, 0.15) is 49.8 Å². The van der Waals surface area contributed by atoms with Crippen LogP contribution in [0, 0.1) is 0 Å². The molecule has 1 aliphatic carbocycles. The van der Waals surface area contributed by atoms with Crippen LogP contribution < -0.4 is 0 Å². The standard InChI is InChI=1S/C21H24O2/c1-2-3-4-5-6-7-8-9-10-15-20(22)19-16-21(23)18-14-12-11-13-17(18)19/h6-16,21,23H,2-5H2,1H3. The van der Waals surface area contributed by atoms with Gasteiger partial charge in [0.1, 0.15) is 0 Å². The van der Waals surface area contributed by atoms with Crippen molar-refractivity contribution < 1.29 is 9.90 Å². The third-order valence-electron chi connectivity index (χ3n) is 3.85. The minimum Gasteiger partial charge on any atom is -0.384 e. The van der Waals surface area contributed by atoms with E-state index in [1.807, 2.05) is 42.5 Å². The molecule has 1 aromatic carbocycles. The fraction of sp³-hybridized carbons (Fsp3) is 0.286. The molecule has 0 amide bonds. The first-order chi connectivity index (χ1) is 11.2. The van der Waals surface area contributed by atoms with Gasteiger partial charge in [-0.3, -0.25) is 4.79 Å². The van der Waals surface area contributed by atoms with E-state index in [0.717, 1.165) is 17.5 Å². The molecule has 0 bridgehead atoms. The van der Waals surface area contributed by atoms with E-state index in [2.05, 4.69) is 13.0 Å². The molecule has 2 heteroatoms. The second kappa shape index (κ2) is 9.06.